The smallest absolute Gasteiger partial charge is 0.169 e. The molecular weight excluding hydrogens is 483 g/mol. The Morgan fingerprint density at radius 1 is 0.417 bits per heavy atom. The first-order valence-corrected chi connectivity index (χ1v) is 14.8. The minimum absolute atomic E-state index is 0. The van der Waals surface area contributed by atoms with Crippen molar-refractivity contribution in [3.8, 4) is 0 Å². The van der Waals surface area contributed by atoms with E-state index < -0.39 is 0 Å². The van der Waals surface area contributed by atoms with Gasteiger partial charge in [-0.2, -0.15) is 0 Å². The molecule has 2 aromatic heterocycles. The molecule has 0 saturated carbocycles. The Bertz CT molecular complexity index is 652. The largest absolute Gasteiger partial charge is 1.00 e. The van der Waals surface area contributed by atoms with E-state index in [1.54, 1.807) is 0 Å². The Labute approximate surface area is 236 Å². The maximum atomic E-state index is 2.36. The molecule has 0 spiro atoms. The number of aromatic nitrogens is 2. The first-order valence-electron chi connectivity index (χ1n) is 14.8. The van der Waals surface area contributed by atoms with Crippen molar-refractivity contribution in [2.45, 2.75) is 143 Å². The van der Waals surface area contributed by atoms with Crippen molar-refractivity contribution in [2.24, 2.45) is 0 Å². The summed E-state index contributed by atoms with van der Waals surface area (Å²) in [6, 6.07) is 9.28. The molecule has 0 aliphatic carbocycles. The van der Waals surface area contributed by atoms with E-state index in [1.807, 2.05) is 0 Å². The highest BCUT2D eigenvalue weighted by Crippen LogP contribution is 2.11. The van der Waals surface area contributed by atoms with Gasteiger partial charge in [-0.25, -0.2) is 9.13 Å². The van der Waals surface area contributed by atoms with E-state index in [-0.39, 0.29) is 24.8 Å². The summed E-state index contributed by atoms with van der Waals surface area (Å²) in [6.07, 6.45) is 33.4. The summed E-state index contributed by atoms with van der Waals surface area (Å²) in [5.74, 6) is 0. The summed E-state index contributed by atoms with van der Waals surface area (Å²) >= 11 is 0. The van der Waals surface area contributed by atoms with Crippen LogP contribution in [0.4, 0.5) is 0 Å². The van der Waals surface area contributed by atoms with Crippen LogP contribution in [0, 0.1) is 0 Å². The van der Waals surface area contributed by atoms with E-state index in [0.717, 1.165) is 0 Å². The van der Waals surface area contributed by atoms with Crippen LogP contribution in [0.5, 0.6) is 0 Å². The molecule has 0 saturated heterocycles. The van der Waals surface area contributed by atoms with Gasteiger partial charge in [-0.1, -0.05) is 78.1 Å². The van der Waals surface area contributed by atoms with Crippen molar-refractivity contribution < 1.29 is 33.9 Å². The highest BCUT2D eigenvalue weighted by atomic mass is 35.5. The van der Waals surface area contributed by atoms with Crippen molar-refractivity contribution in [3.05, 3.63) is 60.2 Å². The van der Waals surface area contributed by atoms with Crippen LogP contribution >= 0.6 is 0 Å². The summed E-state index contributed by atoms with van der Waals surface area (Å²) < 4.78 is 4.73. The lowest BCUT2D eigenvalue weighted by Gasteiger charge is -2.03. The summed E-state index contributed by atoms with van der Waals surface area (Å²) in [4.78, 5) is 0. The Morgan fingerprint density at radius 3 is 1.03 bits per heavy atom. The van der Waals surface area contributed by atoms with Crippen molar-refractivity contribution in [3.63, 3.8) is 0 Å². The average Bonchev–Trinajstić information content (AvgIpc) is 2.87. The number of unbranched alkanes of at least 4 members (excludes halogenated alkanes) is 13. The lowest BCUT2D eigenvalue weighted by Crippen LogP contribution is -3.00. The lowest BCUT2D eigenvalue weighted by atomic mass is 10.1. The fraction of sp³-hybridized carbons (Fsp3) is 0.688. The number of halogens is 2. The van der Waals surface area contributed by atoms with Crippen molar-refractivity contribution in [1.82, 2.24) is 0 Å². The average molecular weight is 538 g/mol. The van der Waals surface area contributed by atoms with Crippen LogP contribution in [0.1, 0.15) is 128 Å². The van der Waals surface area contributed by atoms with Gasteiger partial charge >= 0.3 is 0 Å². The van der Waals surface area contributed by atoms with Crippen LogP contribution in [0.2, 0.25) is 0 Å². The van der Waals surface area contributed by atoms with Crippen LogP contribution < -0.4 is 33.9 Å². The molecule has 0 N–H and O–H groups in total. The minimum atomic E-state index is 0. The molecule has 0 atom stereocenters. The van der Waals surface area contributed by atoms with Crippen LogP contribution in [0.25, 0.3) is 0 Å². The van der Waals surface area contributed by atoms with Gasteiger partial charge in [-0.3, -0.25) is 0 Å². The molecule has 0 radical (unpaired) electrons. The summed E-state index contributed by atoms with van der Waals surface area (Å²) in [5.41, 5.74) is 2.99. The van der Waals surface area contributed by atoms with Gasteiger partial charge in [0.15, 0.2) is 24.8 Å². The third kappa shape index (κ3) is 17.4. The molecule has 206 valence electrons. The Balaban J connectivity index is 0.00000612. The fourth-order valence-corrected chi connectivity index (χ4v) is 4.77. The number of aryl methyl sites for hydroxylation is 4. The molecule has 2 aromatic rings. The van der Waals surface area contributed by atoms with Crippen LogP contribution in [0.15, 0.2) is 49.1 Å². The molecule has 0 unspecified atom stereocenters. The van der Waals surface area contributed by atoms with Crippen molar-refractivity contribution >= 4 is 0 Å². The number of pyridine rings is 2. The van der Waals surface area contributed by atoms with E-state index in [2.05, 4.69) is 72.0 Å². The molecule has 0 amide bonds. The molecular formula is C32H54Cl2N2. The van der Waals surface area contributed by atoms with E-state index in [4.69, 9.17) is 0 Å². The second-order valence-electron chi connectivity index (χ2n) is 10.3. The highest BCUT2D eigenvalue weighted by molar-refractivity contribution is 5.07. The Kier molecular flexibility index (Phi) is 23.5. The SMILES string of the molecule is CCCCCc1cc[n+](CCCCCCCCCCCC[n+]2ccc(CCCCC)cc2)cc1.[Cl-].[Cl-]. The fourth-order valence-electron chi connectivity index (χ4n) is 4.77. The second kappa shape index (κ2) is 24.2. The number of hydrogen-bond donors (Lipinski definition) is 0. The zero-order valence-electron chi connectivity index (χ0n) is 23.4. The van der Waals surface area contributed by atoms with Crippen molar-refractivity contribution in [1.29, 1.82) is 0 Å². The van der Waals surface area contributed by atoms with E-state index in [9.17, 15) is 0 Å². The maximum Gasteiger partial charge on any atom is 0.169 e. The predicted molar refractivity (Wildman–Crippen MR) is 146 cm³/mol. The molecule has 0 aliphatic heterocycles. The standard InChI is InChI=1S/C32H54N2.2ClH/c1-3-5-15-19-31-21-27-33(28-22-31)25-17-13-11-9-7-8-10-12-14-18-26-34-29-23-32(24-30-34)20-16-6-4-2;;/h21-24,27-30H,3-20,25-26H2,1-2H3;2*1H/q+2;;/p-2. The van der Waals surface area contributed by atoms with Gasteiger partial charge in [0.25, 0.3) is 0 Å². The zero-order valence-corrected chi connectivity index (χ0v) is 24.9. The van der Waals surface area contributed by atoms with Gasteiger partial charge in [0, 0.05) is 37.1 Å². The molecule has 0 fully saturated rings. The quantitative estimate of drug-likeness (QED) is 0.171. The van der Waals surface area contributed by atoms with Crippen molar-refractivity contribution in [2.75, 3.05) is 0 Å². The minimum Gasteiger partial charge on any atom is -1.00 e. The molecule has 0 aliphatic rings. The van der Waals surface area contributed by atoms with Gasteiger partial charge < -0.3 is 24.8 Å². The van der Waals surface area contributed by atoms with Crippen LogP contribution in [0.3, 0.4) is 0 Å². The molecule has 2 heterocycles. The topological polar surface area (TPSA) is 7.76 Å². The van der Waals surface area contributed by atoms with Gasteiger partial charge in [-0.05, 0) is 49.7 Å². The first kappa shape index (κ1) is 34.9. The normalized spacial score (nSPS) is 10.6. The number of hydrogen-bond acceptors (Lipinski definition) is 0. The third-order valence-corrected chi connectivity index (χ3v) is 7.14. The molecule has 2 rings (SSSR count). The second-order valence-corrected chi connectivity index (χ2v) is 10.3. The Morgan fingerprint density at radius 2 is 0.722 bits per heavy atom. The summed E-state index contributed by atoms with van der Waals surface area (Å²) in [5, 5.41) is 0. The van der Waals surface area contributed by atoms with Gasteiger partial charge in [-0.15, -0.1) is 0 Å². The number of nitrogens with zero attached hydrogens (tertiary/aromatic N) is 2. The summed E-state index contributed by atoms with van der Waals surface area (Å²) in [7, 11) is 0. The van der Waals surface area contributed by atoms with E-state index in [1.165, 1.54) is 140 Å². The lowest BCUT2D eigenvalue weighted by molar-refractivity contribution is -0.697. The van der Waals surface area contributed by atoms with E-state index >= 15 is 0 Å². The molecule has 36 heavy (non-hydrogen) atoms. The molecule has 2 nitrogen and oxygen atoms in total. The first-order chi connectivity index (χ1) is 16.8. The van der Waals surface area contributed by atoms with Crippen LogP contribution in [-0.4, -0.2) is 0 Å². The predicted octanol–water partition coefficient (Wildman–Crippen LogP) is 2.34. The van der Waals surface area contributed by atoms with Gasteiger partial charge in [0.2, 0.25) is 0 Å². The molecule has 0 bridgehead atoms. The Hall–Kier alpha value is -1.12. The van der Waals surface area contributed by atoms with Gasteiger partial charge in [0.05, 0.1) is 0 Å². The third-order valence-electron chi connectivity index (χ3n) is 7.14. The van der Waals surface area contributed by atoms with Gasteiger partial charge in [0.1, 0.15) is 13.1 Å². The maximum absolute atomic E-state index is 2.36. The van der Waals surface area contributed by atoms with Crippen LogP contribution in [-0.2, 0) is 25.9 Å². The van der Waals surface area contributed by atoms with E-state index in [0.29, 0.717) is 0 Å². The molecule has 0 aromatic carbocycles. The number of rotatable bonds is 21. The molecule has 4 heteroatoms. The monoisotopic (exact) mass is 536 g/mol. The zero-order chi connectivity index (χ0) is 24.1. The summed E-state index contributed by atoms with van der Waals surface area (Å²) in [6.45, 7) is 6.90. The highest BCUT2D eigenvalue weighted by Gasteiger charge is 2.03.